The maximum absolute atomic E-state index is 4.46. The first-order chi connectivity index (χ1) is 11.4. The van der Waals surface area contributed by atoms with Crippen LogP contribution in [0.15, 0.2) is 67.0 Å². The standard InChI is InChI=1S/C20H21N3/c1-2-6-16(7-3-1)14-23-15-17(12-22-23)11-21-13-19-10-18-8-4-5-9-20(18)19/h1-9,12,15,19,21H,10-11,13-14H2. The van der Waals surface area contributed by atoms with Gasteiger partial charge in [0, 0.05) is 30.8 Å². The van der Waals surface area contributed by atoms with E-state index in [0.29, 0.717) is 5.92 Å². The van der Waals surface area contributed by atoms with E-state index in [1.165, 1.54) is 28.7 Å². The van der Waals surface area contributed by atoms with Crippen molar-refractivity contribution in [2.45, 2.75) is 25.4 Å². The highest BCUT2D eigenvalue weighted by atomic mass is 15.3. The SMILES string of the molecule is c1ccc(Cn2cc(CNCC3Cc4ccccc43)cn2)cc1. The second-order valence-electron chi connectivity index (χ2n) is 6.26. The van der Waals surface area contributed by atoms with Crippen LogP contribution < -0.4 is 5.32 Å². The van der Waals surface area contributed by atoms with Crippen LogP contribution in [0.25, 0.3) is 0 Å². The Morgan fingerprint density at radius 2 is 1.83 bits per heavy atom. The third-order valence-electron chi connectivity index (χ3n) is 4.56. The lowest BCUT2D eigenvalue weighted by Crippen LogP contribution is -2.28. The molecule has 1 unspecified atom stereocenters. The molecule has 0 amide bonds. The zero-order valence-electron chi connectivity index (χ0n) is 13.2. The van der Waals surface area contributed by atoms with Crippen molar-refractivity contribution < 1.29 is 0 Å². The molecule has 0 spiro atoms. The average Bonchev–Trinajstić information content (AvgIpc) is 3.00. The molecule has 1 heterocycles. The van der Waals surface area contributed by atoms with Gasteiger partial charge < -0.3 is 5.32 Å². The number of fused-ring (bicyclic) bond motifs is 1. The molecule has 0 aliphatic heterocycles. The molecule has 1 aromatic heterocycles. The Morgan fingerprint density at radius 1 is 1.00 bits per heavy atom. The molecule has 1 N–H and O–H groups in total. The van der Waals surface area contributed by atoms with E-state index in [0.717, 1.165) is 19.6 Å². The van der Waals surface area contributed by atoms with Crippen LogP contribution in [0.5, 0.6) is 0 Å². The van der Waals surface area contributed by atoms with Crippen LogP contribution in [-0.2, 0) is 19.5 Å². The van der Waals surface area contributed by atoms with E-state index >= 15 is 0 Å². The number of nitrogens with one attached hydrogen (secondary N) is 1. The van der Waals surface area contributed by atoms with Gasteiger partial charge in [-0.3, -0.25) is 4.68 Å². The minimum atomic E-state index is 0.672. The molecule has 3 aromatic rings. The van der Waals surface area contributed by atoms with Crippen LogP contribution in [0.2, 0.25) is 0 Å². The monoisotopic (exact) mass is 303 g/mol. The molecular formula is C20H21N3. The molecule has 116 valence electrons. The highest BCUT2D eigenvalue weighted by Crippen LogP contribution is 2.33. The van der Waals surface area contributed by atoms with E-state index in [-0.39, 0.29) is 0 Å². The summed E-state index contributed by atoms with van der Waals surface area (Å²) < 4.78 is 2.00. The molecule has 3 heteroatoms. The van der Waals surface area contributed by atoms with Gasteiger partial charge in [0.25, 0.3) is 0 Å². The summed E-state index contributed by atoms with van der Waals surface area (Å²) in [6.45, 7) is 2.76. The minimum absolute atomic E-state index is 0.672. The van der Waals surface area contributed by atoms with Crippen molar-refractivity contribution in [3.63, 3.8) is 0 Å². The zero-order chi connectivity index (χ0) is 15.5. The summed E-state index contributed by atoms with van der Waals surface area (Å²) in [4.78, 5) is 0. The van der Waals surface area contributed by atoms with Gasteiger partial charge in [-0.05, 0) is 23.1 Å². The summed E-state index contributed by atoms with van der Waals surface area (Å²) in [7, 11) is 0. The maximum Gasteiger partial charge on any atom is 0.0659 e. The topological polar surface area (TPSA) is 29.9 Å². The number of nitrogens with zero attached hydrogens (tertiary/aromatic N) is 2. The number of benzene rings is 2. The highest BCUT2D eigenvalue weighted by Gasteiger charge is 2.24. The quantitative estimate of drug-likeness (QED) is 0.757. The van der Waals surface area contributed by atoms with Gasteiger partial charge in [0.05, 0.1) is 12.7 Å². The smallest absolute Gasteiger partial charge is 0.0659 e. The van der Waals surface area contributed by atoms with Crippen molar-refractivity contribution in [3.05, 3.63) is 89.2 Å². The van der Waals surface area contributed by atoms with Gasteiger partial charge in [0.2, 0.25) is 0 Å². The van der Waals surface area contributed by atoms with Crippen molar-refractivity contribution in [1.82, 2.24) is 15.1 Å². The Labute approximate surface area is 137 Å². The largest absolute Gasteiger partial charge is 0.312 e. The Kier molecular flexibility index (Phi) is 3.95. The summed E-state index contributed by atoms with van der Waals surface area (Å²) in [6, 6.07) is 19.2. The molecule has 1 aliphatic carbocycles. The first kappa shape index (κ1) is 14.2. The van der Waals surface area contributed by atoms with Gasteiger partial charge in [-0.15, -0.1) is 0 Å². The predicted octanol–water partition coefficient (Wildman–Crippen LogP) is 3.36. The number of hydrogen-bond donors (Lipinski definition) is 1. The van der Waals surface area contributed by atoms with Crippen LogP contribution >= 0.6 is 0 Å². The predicted molar refractivity (Wildman–Crippen MR) is 92.4 cm³/mol. The maximum atomic E-state index is 4.46. The van der Waals surface area contributed by atoms with E-state index in [2.05, 4.69) is 65.1 Å². The van der Waals surface area contributed by atoms with Gasteiger partial charge in [-0.25, -0.2) is 0 Å². The molecule has 23 heavy (non-hydrogen) atoms. The summed E-state index contributed by atoms with van der Waals surface area (Å²) in [6.07, 6.45) is 5.30. The summed E-state index contributed by atoms with van der Waals surface area (Å²) in [5.74, 6) is 0.672. The Bertz CT molecular complexity index is 776. The fourth-order valence-electron chi connectivity index (χ4n) is 3.29. The summed E-state index contributed by atoms with van der Waals surface area (Å²) >= 11 is 0. The van der Waals surface area contributed by atoms with E-state index in [9.17, 15) is 0 Å². The van der Waals surface area contributed by atoms with Crippen molar-refractivity contribution in [2.75, 3.05) is 6.54 Å². The fraction of sp³-hybridized carbons (Fsp3) is 0.250. The van der Waals surface area contributed by atoms with Gasteiger partial charge in [0.15, 0.2) is 0 Å². The summed E-state index contributed by atoms with van der Waals surface area (Å²) in [5.41, 5.74) is 5.55. The molecule has 3 nitrogen and oxygen atoms in total. The van der Waals surface area contributed by atoms with Gasteiger partial charge >= 0.3 is 0 Å². The Hall–Kier alpha value is -2.39. The second-order valence-corrected chi connectivity index (χ2v) is 6.26. The molecule has 2 aromatic carbocycles. The molecule has 0 radical (unpaired) electrons. The average molecular weight is 303 g/mol. The Morgan fingerprint density at radius 3 is 2.70 bits per heavy atom. The van der Waals surface area contributed by atoms with Crippen molar-refractivity contribution in [2.24, 2.45) is 0 Å². The normalized spacial score (nSPS) is 15.9. The fourth-order valence-corrected chi connectivity index (χ4v) is 3.29. The van der Waals surface area contributed by atoms with Gasteiger partial charge in [-0.2, -0.15) is 5.10 Å². The Balaban J connectivity index is 1.28. The molecule has 1 atom stereocenters. The lowest BCUT2D eigenvalue weighted by Gasteiger charge is -2.30. The first-order valence-electron chi connectivity index (χ1n) is 8.22. The van der Waals surface area contributed by atoms with Gasteiger partial charge in [-0.1, -0.05) is 54.6 Å². The molecule has 1 aliphatic rings. The van der Waals surface area contributed by atoms with E-state index in [4.69, 9.17) is 0 Å². The molecule has 0 saturated heterocycles. The third-order valence-corrected chi connectivity index (χ3v) is 4.56. The first-order valence-corrected chi connectivity index (χ1v) is 8.22. The highest BCUT2D eigenvalue weighted by molar-refractivity contribution is 5.40. The molecule has 0 saturated carbocycles. The lowest BCUT2D eigenvalue weighted by molar-refractivity contribution is 0.535. The molecular weight excluding hydrogens is 282 g/mol. The van der Waals surface area contributed by atoms with E-state index < -0.39 is 0 Å². The minimum Gasteiger partial charge on any atom is -0.312 e. The lowest BCUT2D eigenvalue weighted by atomic mass is 9.77. The van der Waals surface area contributed by atoms with Crippen LogP contribution in [0.3, 0.4) is 0 Å². The van der Waals surface area contributed by atoms with E-state index in [1.54, 1.807) is 0 Å². The van der Waals surface area contributed by atoms with Crippen molar-refractivity contribution in [1.29, 1.82) is 0 Å². The van der Waals surface area contributed by atoms with E-state index in [1.807, 2.05) is 16.9 Å². The van der Waals surface area contributed by atoms with Crippen LogP contribution in [0, 0.1) is 0 Å². The number of rotatable bonds is 6. The zero-order valence-corrected chi connectivity index (χ0v) is 13.2. The molecule has 0 bridgehead atoms. The molecule has 4 rings (SSSR count). The van der Waals surface area contributed by atoms with Crippen LogP contribution in [0.4, 0.5) is 0 Å². The second kappa shape index (κ2) is 6.39. The van der Waals surface area contributed by atoms with Crippen molar-refractivity contribution >= 4 is 0 Å². The number of aromatic nitrogens is 2. The molecule has 0 fully saturated rings. The van der Waals surface area contributed by atoms with Crippen LogP contribution in [-0.4, -0.2) is 16.3 Å². The van der Waals surface area contributed by atoms with Crippen molar-refractivity contribution in [3.8, 4) is 0 Å². The van der Waals surface area contributed by atoms with Gasteiger partial charge in [0.1, 0.15) is 0 Å². The number of hydrogen-bond acceptors (Lipinski definition) is 2. The summed E-state index contributed by atoms with van der Waals surface area (Å²) in [5, 5.41) is 8.02. The van der Waals surface area contributed by atoms with Crippen LogP contribution in [0.1, 0.15) is 28.2 Å². The third kappa shape index (κ3) is 3.20.